The SMILES string of the molecule is CC(=O)OCC12C(OC(C)=O)CC(C)C3(CC(c4ccoc4)OC3=O)C1CC(OC(C)=O)CC21CO1. The standard InChI is InChI=1S/C26H32O10/c1-14-7-22(35-17(4)29)26(13-32-15(2)27)21(8-19(34-16(3)28)9-24(26)12-33-24)25(14)10-20(36-23(25)30)18-5-6-31-11-18/h5-6,11,14,19-22H,7-10,12-13H2,1-4H3. The summed E-state index contributed by atoms with van der Waals surface area (Å²) in [7, 11) is 0. The smallest absolute Gasteiger partial charge is 0.313 e. The molecule has 2 aliphatic heterocycles. The Labute approximate surface area is 208 Å². The Balaban J connectivity index is 1.65. The van der Waals surface area contributed by atoms with Crippen LogP contribution < -0.4 is 0 Å². The lowest BCUT2D eigenvalue weighted by atomic mass is 9.42. The van der Waals surface area contributed by atoms with Crippen LogP contribution >= 0.6 is 0 Å². The first-order chi connectivity index (χ1) is 17.0. The maximum Gasteiger partial charge on any atom is 0.313 e. The second kappa shape index (κ2) is 8.61. The van der Waals surface area contributed by atoms with Gasteiger partial charge in [0, 0.05) is 39.2 Å². The van der Waals surface area contributed by atoms with Crippen LogP contribution in [0.3, 0.4) is 0 Å². The number of ether oxygens (including phenoxy) is 5. The predicted octanol–water partition coefficient (Wildman–Crippen LogP) is 2.89. The van der Waals surface area contributed by atoms with E-state index in [2.05, 4.69) is 0 Å². The molecule has 10 nitrogen and oxygen atoms in total. The Morgan fingerprint density at radius 2 is 1.78 bits per heavy atom. The first-order valence-electron chi connectivity index (χ1n) is 12.4. The molecule has 0 bridgehead atoms. The number of carbonyl (C=O) groups is 4. The van der Waals surface area contributed by atoms with E-state index in [1.807, 2.05) is 6.92 Å². The second-order valence-electron chi connectivity index (χ2n) is 10.8. The minimum absolute atomic E-state index is 0.0874. The highest BCUT2D eigenvalue weighted by Gasteiger charge is 2.80. The molecule has 0 aromatic carbocycles. The van der Waals surface area contributed by atoms with Crippen LogP contribution in [0.5, 0.6) is 0 Å². The summed E-state index contributed by atoms with van der Waals surface area (Å²) < 4.78 is 34.5. The summed E-state index contributed by atoms with van der Waals surface area (Å²) in [5, 5.41) is 0. The van der Waals surface area contributed by atoms with Crippen molar-refractivity contribution < 1.29 is 47.3 Å². The van der Waals surface area contributed by atoms with Gasteiger partial charge in [-0.25, -0.2) is 0 Å². The van der Waals surface area contributed by atoms with Gasteiger partial charge < -0.3 is 28.1 Å². The summed E-state index contributed by atoms with van der Waals surface area (Å²) >= 11 is 0. The first-order valence-corrected chi connectivity index (χ1v) is 12.4. The zero-order chi connectivity index (χ0) is 25.9. The lowest BCUT2D eigenvalue weighted by Crippen LogP contribution is -2.70. The van der Waals surface area contributed by atoms with Crippen LogP contribution in [0, 0.1) is 22.7 Å². The van der Waals surface area contributed by atoms with Gasteiger partial charge in [-0.2, -0.15) is 0 Å². The molecule has 2 saturated heterocycles. The van der Waals surface area contributed by atoms with Crippen molar-refractivity contribution in [1.82, 2.24) is 0 Å². The van der Waals surface area contributed by atoms with Crippen molar-refractivity contribution in [3.8, 4) is 0 Å². The number of cyclic esters (lactones) is 1. The van der Waals surface area contributed by atoms with Crippen LogP contribution in [0.2, 0.25) is 0 Å². The first kappa shape index (κ1) is 24.8. The maximum absolute atomic E-state index is 13.9. The molecule has 0 N–H and O–H groups in total. The number of epoxide rings is 1. The van der Waals surface area contributed by atoms with Gasteiger partial charge in [0.25, 0.3) is 0 Å². The quantitative estimate of drug-likeness (QED) is 0.335. The molecule has 1 aromatic heterocycles. The van der Waals surface area contributed by atoms with E-state index in [1.165, 1.54) is 27.0 Å². The van der Waals surface area contributed by atoms with E-state index in [4.69, 9.17) is 28.1 Å². The van der Waals surface area contributed by atoms with Gasteiger partial charge in [-0.1, -0.05) is 6.92 Å². The second-order valence-corrected chi connectivity index (χ2v) is 10.8. The van der Waals surface area contributed by atoms with Crippen LogP contribution in [-0.2, 0) is 42.9 Å². The summed E-state index contributed by atoms with van der Waals surface area (Å²) in [6, 6.07) is 1.77. The molecule has 10 heteroatoms. The molecular weight excluding hydrogens is 472 g/mol. The summed E-state index contributed by atoms with van der Waals surface area (Å²) in [5.41, 5.74) is -2.15. The molecule has 2 saturated carbocycles. The summed E-state index contributed by atoms with van der Waals surface area (Å²) in [6.45, 7) is 6.19. The van der Waals surface area contributed by atoms with Crippen molar-refractivity contribution in [3.05, 3.63) is 24.2 Å². The highest BCUT2D eigenvalue weighted by Crippen LogP contribution is 2.71. The molecule has 36 heavy (non-hydrogen) atoms. The van der Waals surface area contributed by atoms with Crippen LogP contribution in [0.1, 0.15) is 65.0 Å². The molecule has 8 atom stereocenters. The maximum atomic E-state index is 13.9. The molecule has 0 radical (unpaired) electrons. The molecular formula is C26H32O10. The van der Waals surface area contributed by atoms with Gasteiger partial charge >= 0.3 is 23.9 Å². The van der Waals surface area contributed by atoms with E-state index in [1.54, 1.807) is 12.3 Å². The molecule has 3 heterocycles. The van der Waals surface area contributed by atoms with Crippen molar-refractivity contribution in [2.45, 2.75) is 77.3 Å². The lowest BCUT2D eigenvalue weighted by molar-refractivity contribution is -0.239. The zero-order valence-corrected chi connectivity index (χ0v) is 20.9. The topological polar surface area (TPSA) is 131 Å². The highest BCUT2D eigenvalue weighted by molar-refractivity contribution is 5.81. The van der Waals surface area contributed by atoms with Crippen LogP contribution in [-0.4, -0.2) is 54.9 Å². The number of hydrogen-bond donors (Lipinski definition) is 0. The molecule has 5 rings (SSSR count). The molecule has 0 amide bonds. The Morgan fingerprint density at radius 3 is 2.36 bits per heavy atom. The average molecular weight is 505 g/mol. The van der Waals surface area contributed by atoms with Gasteiger partial charge in [0.15, 0.2) is 0 Å². The number of furan rings is 1. The summed E-state index contributed by atoms with van der Waals surface area (Å²) in [6.07, 6.45) is 2.82. The summed E-state index contributed by atoms with van der Waals surface area (Å²) in [4.78, 5) is 50.1. The number of esters is 4. The Hall–Kier alpha value is -2.88. The van der Waals surface area contributed by atoms with E-state index in [0.717, 1.165) is 5.56 Å². The van der Waals surface area contributed by atoms with Crippen molar-refractivity contribution in [3.63, 3.8) is 0 Å². The van der Waals surface area contributed by atoms with Gasteiger partial charge in [-0.3, -0.25) is 19.2 Å². The highest BCUT2D eigenvalue weighted by atomic mass is 16.6. The van der Waals surface area contributed by atoms with E-state index in [0.29, 0.717) is 32.3 Å². The Morgan fingerprint density at radius 1 is 1.06 bits per heavy atom. The molecule has 2 aliphatic carbocycles. The fourth-order valence-electron chi connectivity index (χ4n) is 7.40. The van der Waals surface area contributed by atoms with Gasteiger partial charge in [-0.15, -0.1) is 0 Å². The molecule has 4 aliphatic rings. The molecule has 1 aromatic rings. The third-order valence-corrected chi connectivity index (χ3v) is 8.88. The normalized spacial score (nSPS) is 40.9. The van der Waals surface area contributed by atoms with Crippen LogP contribution in [0.15, 0.2) is 23.0 Å². The molecule has 8 unspecified atom stereocenters. The average Bonchev–Trinajstić information content (AvgIpc) is 3.19. The largest absolute Gasteiger partial charge is 0.472 e. The van der Waals surface area contributed by atoms with E-state index in [9.17, 15) is 19.2 Å². The minimum Gasteiger partial charge on any atom is -0.472 e. The zero-order valence-electron chi connectivity index (χ0n) is 20.9. The lowest BCUT2D eigenvalue weighted by Gasteiger charge is -2.62. The van der Waals surface area contributed by atoms with Gasteiger partial charge in [0.2, 0.25) is 0 Å². The van der Waals surface area contributed by atoms with Gasteiger partial charge in [0.1, 0.15) is 30.5 Å². The fourth-order valence-corrected chi connectivity index (χ4v) is 7.40. The van der Waals surface area contributed by atoms with Crippen LogP contribution in [0.4, 0.5) is 0 Å². The van der Waals surface area contributed by atoms with Crippen molar-refractivity contribution in [1.29, 1.82) is 0 Å². The van der Waals surface area contributed by atoms with Crippen molar-refractivity contribution in [2.24, 2.45) is 22.7 Å². The predicted molar refractivity (Wildman–Crippen MR) is 120 cm³/mol. The Bertz CT molecular complexity index is 1060. The molecule has 4 fully saturated rings. The fraction of sp³-hybridized carbons (Fsp3) is 0.692. The number of fused-ring (bicyclic) bond motifs is 3. The molecule has 196 valence electrons. The Kier molecular flexibility index (Phi) is 5.93. The van der Waals surface area contributed by atoms with E-state index in [-0.39, 0.29) is 18.5 Å². The summed E-state index contributed by atoms with van der Waals surface area (Å²) in [5.74, 6) is -2.49. The number of hydrogen-bond acceptors (Lipinski definition) is 10. The van der Waals surface area contributed by atoms with Crippen LogP contribution in [0.25, 0.3) is 0 Å². The van der Waals surface area contributed by atoms with E-state index >= 15 is 0 Å². The third-order valence-electron chi connectivity index (χ3n) is 8.88. The van der Waals surface area contributed by atoms with Crippen molar-refractivity contribution >= 4 is 23.9 Å². The third kappa shape index (κ3) is 3.64. The number of rotatable bonds is 5. The molecule has 2 spiro atoms. The van der Waals surface area contributed by atoms with Gasteiger partial charge in [0.05, 0.1) is 30.0 Å². The van der Waals surface area contributed by atoms with Crippen molar-refractivity contribution in [2.75, 3.05) is 13.2 Å². The minimum atomic E-state index is -1.02. The van der Waals surface area contributed by atoms with Gasteiger partial charge in [-0.05, 0) is 30.7 Å². The van der Waals surface area contributed by atoms with E-state index < -0.39 is 58.6 Å². The monoisotopic (exact) mass is 504 g/mol. The number of carbonyl (C=O) groups excluding carboxylic acids is 4.